The van der Waals surface area contributed by atoms with Gasteiger partial charge in [0, 0.05) is 26.1 Å². The van der Waals surface area contributed by atoms with Gasteiger partial charge < -0.3 is 19.4 Å². The number of morpholine rings is 1. The van der Waals surface area contributed by atoms with Gasteiger partial charge >= 0.3 is 5.97 Å². The first-order chi connectivity index (χ1) is 15.7. The molecule has 0 saturated carbocycles. The van der Waals surface area contributed by atoms with Crippen LogP contribution in [-0.2, 0) is 42.2 Å². The summed E-state index contributed by atoms with van der Waals surface area (Å²) in [5.74, 6) is 0.177. The van der Waals surface area contributed by atoms with Gasteiger partial charge in [-0.05, 0) is 37.5 Å². The largest absolute Gasteiger partial charge is 0.456 e. The number of hydrogen-bond donors (Lipinski definition) is 1. The zero-order valence-corrected chi connectivity index (χ0v) is 20.2. The number of aromatic nitrogens is 2. The first kappa shape index (κ1) is 25.1. The Kier molecular flexibility index (Phi) is 8.44. The molecule has 1 amide bonds. The molecule has 0 aliphatic carbocycles. The summed E-state index contributed by atoms with van der Waals surface area (Å²) in [6.07, 6.45) is 1.12. The molecule has 2 aromatic rings. The molecule has 11 heteroatoms. The molecule has 33 heavy (non-hydrogen) atoms. The number of esters is 1. The molecule has 0 spiro atoms. The SMILES string of the molecule is CCn1c(COC(=O)CNC(=O)CCC(C)C)nc2cc(S(=O)(=O)N3CCOCC3)ccc21. The summed E-state index contributed by atoms with van der Waals surface area (Å²) in [6.45, 7) is 7.67. The van der Waals surface area contributed by atoms with E-state index in [1.807, 2.05) is 25.3 Å². The fourth-order valence-electron chi connectivity index (χ4n) is 3.59. The van der Waals surface area contributed by atoms with E-state index in [-0.39, 0.29) is 24.0 Å². The molecule has 2 heterocycles. The topological polar surface area (TPSA) is 120 Å². The van der Waals surface area contributed by atoms with Crippen molar-refractivity contribution >= 4 is 32.9 Å². The Morgan fingerprint density at radius 2 is 1.97 bits per heavy atom. The van der Waals surface area contributed by atoms with Crippen molar-refractivity contribution in [3.05, 3.63) is 24.0 Å². The van der Waals surface area contributed by atoms with E-state index >= 15 is 0 Å². The number of benzene rings is 1. The molecule has 0 atom stereocenters. The minimum atomic E-state index is -3.64. The molecule has 1 saturated heterocycles. The summed E-state index contributed by atoms with van der Waals surface area (Å²) in [6, 6.07) is 4.84. The summed E-state index contributed by atoms with van der Waals surface area (Å²) >= 11 is 0. The lowest BCUT2D eigenvalue weighted by atomic mass is 10.1. The zero-order valence-electron chi connectivity index (χ0n) is 19.4. The van der Waals surface area contributed by atoms with Gasteiger partial charge in [-0.1, -0.05) is 13.8 Å². The highest BCUT2D eigenvalue weighted by Gasteiger charge is 2.27. The molecule has 0 unspecified atom stereocenters. The number of ether oxygens (including phenoxy) is 2. The number of carbonyl (C=O) groups excluding carboxylic acids is 2. The minimum Gasteiger partial charge on any atom is -0.456 e. The van der Waals surface area contributed by atoms with Crippen molar-refractivity contribution in [2.75, 3.05) is 32.8 Å². The van der Waals surface area contributed by atoms with Gasteiger partial charge in [0.05, 0.1) is 29.1 Å². The van der Waals surface area contributed by atoms with Crippen LogP contribution >= 0.6 is 0 Å². The van der Waals surface area contributed by atoms with E-state index in [0.29, 0.717) is 56.5 Å². The van der Waals surface area contributed by atoms with Crippen LogP contribution in [-0.4, -0.2) is 67.0 Å². The molecule has 1 N–H and O–H groups in total. The van der Waals surface area contributed by atoms with Crippen LogP contribution in [0.5, 0.6) is 0 Å². The van der Waals surface area contributed by atoms with Crippen molar-refractivity contribution in [3.8, 4) is 0 Å². The Hall–Kier alpha value is -2.50. The van der Waals surface area contributed by atoms with E-state index in [4.69, 9.17) is 9.47 Å². The van der Waals surface area contributed by atoms with Crippen LogP contribution in [0.2, 0.25) is 0 Å². The lowest BCUT2D eigenvalue weighted by molar-refractivity contribution is -0.145. The van der Waals surface area contributed by atoms with Crippen LogP contribution in [0.3, 0.4) is 0 Å². The number of sulfonamides is 1. The molecule has 1 aliphatic heterocycles. The third-order valence-corrected chi connectivity index (χ3v) is 7.36. The maximum Gasteiger partial charge on any atom is 0.325 e. The van der Waals surface area contributed by atoms with Gasteiger partial charge in [-0.25, -0.2) is 13.4 Å². The molecule has 0 bridgehead atoms. The van der Waals surface area contributed by atoms with Crippen molar-refractivity contribution in [1.82, 2.24) is 19.2 Å². The minimum absolute atomic E-state index is 0.0746. The number of carbonyl (C=O) groups is 2. The monoisotopic (exact) mass is 480 g/mol. The van der Waals surface area contributed by atoms with E-state index in [9.17, 15) is 18.0 Å². The fraction of sp³-hybridized carbons (Fsp3) is 0.591. The third kappa shape index (κ3) is 6.30. The van der Waals surface area contributed by atoms with Gasteiger partial charge in [0.25, 0.3) is 0 Å². The van der Waals surface area contributed by atoms with Gasteiger partial charge in [0.15, 0.2) is 0 Å². The van der Waals surface area contributed by atoms with E-state index in [2.05, 4.69) is 10.3 Å². The molecule has 182 valence electrons. The Labute approximate surface area is 194 Å². The Morgan fingerprint density at radius 1 is 1.24 bits per heavy atom. The van der Waals surface area contributed by atoms with Crippen LogP contribution in [0.25, 0.3) is 11.0 Å². The molecular formula is C22H32N4O6S. The number of hydrogen-bond acceptors (Lipinski definition) is 7. The molecule has 10 nitrogen and oxygen atoms in total. The van der Waals surface area contributed by atoms with E-state index in [1.165, 1.54) is 4.31 Å². The summed E-state index contributed by atoms with van der Waals surface area (Å²) in [4.78, 5) is 28.5. The molecule has 1 aromatic heterocycles. The number of amides is 1. The maximum atomic E-state index is 12.9. The van der Waals surface area contributed by atoms with Crippen molar-refractivity contribution in [2.45, 2.75) is 51.7 Å². The number of aryl methyl sites for hydroxylation is 1. The Balaban J connectivity index is 1.67. The average molecular weight is 481 g/mol. The quantitative estimate of drug-likeness (QED) is 0.514. The molecule has 1 aromatic carbocycles. The maximum absolute atomic E-state index is 12.9. The van der Waals surface area contributed by atoms with Crippen molar-refractivity contribution in [2.24, 2.45) is 5.92 Å². The number of rotatable bonds is 10. The van der Waals surface area contributed by atoms with Crippen LogP contribution < -0.4 is 5.32 Å². The van der Waals surface area contributed by atoms with Crippen LogP contribution in [0.15, 0.2) is 23.1 Å². The molecule has 0 radical (unpaired) electrons. The standard InChI is InChI=1S/C22H32N4O6S/c1-4-26-19-7-6-17(33(29,30)25-9-11-31-12-10-25)13-18(19)24-20(26)15-32-22(28)14-23-21(27)8-5-16(2)3/h6-7,13,16H,4-5,8-12,14-15H2,1-3H3,(H,23,27). The average Bonchev–Trinajstić information content (AvgIpc) is 3.17. The van der Waals surface area contributed by atoms with E-state index in [0.717, 1.165) is 11.9 Å². The summed E-state index contributed by atoms with van der Waals surface area (Å²) in [5, 5.41) is 2.56. The van der Waals surface area contributed by atoms with Gasteiger partial charge in [0.2, 0.25) is 15.9 Å². The second-order valence-electron chi connectivity index (χ2n) is 8.31. The first-order valence-corrected chi connectivity index (χ1v) is 12.7. The van der Waals surface area contributed by atoms with E-state index in [1.54, 1.807) is 18.2 Å². The highest BCUT2D eigenvalue weighted by atomic mass is 32.2. The number of fused-ring (bicyclic) bond motifs is 1. The highest BCUT2D eigenvalue weighted by Crippen LogP contribution is 2.24. The second-order valence-corrected chi connectivity index (χ2v) is 10.2. The summed E-state index contributed by atoms with van der Waals surface area (Å²) < 4.78 is 39.7. The fourth-order valence-corrected chi connectivity index (χ4v) is 5.02. The van der Waals surface area contributed by atoms with Gasteiger partial charge in [0.1, 0.15) is 19.0 Å². The first-order valence-electron chi connectivity index (χ1n) is 11.2. The van der Waals surface area contributed by atoms with Crippen LogP contribution in [0.1, 0.15) is 39.4 Å². The molecule has 3 rings (SSSR count). The van der Waals surface area contributed by atoms with Crippen molar-refractivity contribution < 1.29 is 27.5 Å². The van der Waals surface area contributed by atoms with Crippen LogP contribution in [0.4, 0.5) is 0 Å². The van der Waals surface area contributed by atoms with Gasteiger partial charge in [-0.3, -0.25) is 9.59 Å². The molecule has 1 fully saturated rings. The van der Waals surface area contributed by atoms with Gasteiger partial charge in [-0.15, -0.1) is 0 Å². The Morgan fingerprint density at radius 3 is 2.64 bits per heavy atom. The zero-order chi connectivity index (χ0) is 24.0. The number of nitrogens with one attached hydrogen (secondary N) is 1. The van der Waals surface area contributed by atoms with E-state index < -0.39 is 16.0 Å². The normalized spacial score (nSPS) is 15.2. The third-order valence-electron chi connectivity index (χ3n) is 5.46. The molecular weight excluding hydrogens is 448 g/mol. The Bertz CT molecular complexity index is 1090. The number of imidazole rings is 1. The molecule has 1 aliphatic rings. The lowest BCUT2D eigenvalue weighted by Crippen LogP contribution is -2.40. The van der Waals surface area contributed by atoms with Crippen LogP contribution in [0, 0.1) is 5.92 Å². The van der Waals surface area contributed by atoms with Gasteiger partial charge in [-0.2, -0.15) is 4.31 Å². The summed E-state index contributed by atoms with van der Waals surface area (Å²) in [5.41, 5.74) is 1.27. The summed E-state index contributed by atoms with van der Waals surface area (Å²) in [7, 11) is -3.64. The number of nitrogens with zero attached hydrogens (tertiary/aromatic N) is 3. The second kappa shape index (κ2) is 11.1. The highest BCUT2D eigenvalue weighted by molar-refractivity contribution is 7.89. The van der Waals surface area contributed by atoms with Crippen molar-refractivity contribution in [3.63, 3.8) is 0 Å². The predicted octanol–water partition coefficient (Wildman–Crippen LogP) is 1.67. The lowest BCUT2D eigenvalue weighted by Gasteiger charge is -2.26. The predicted molar refractivity (Wildman–Crippen MR) is 122 cm³/mol. The van der Waals surface area contributed by atoms with Crippen molar-refractivity contribution in [1.29, 1.82) is 0 Å². The smallest absolute Gasteiger partial charge is 0.325 e.